The number of aryl methyl sites for hydroxylation is 1. The normalized spacial score (nSPS) is 12.0. The van der Waals surface area contributed by atoms with Gasteiger partial charge in [-0.1, -0.05) is 19.9 Å². The van der Waals surface area contributed by atoms with Crippen LogP contribution in [-0.4, -0.2) is 61.5 Å². The molecule has 230 valence electrons. The zero-order valence-corrected chi connectivity index (χ0v) is 25.3. The highest BCUT2D eigenvalue weighted by Crippen LogP contribution is 2.35. The van der Waals surface area contributed by atoms with Crippen molar-refractivity contribution in [3.8, 4) is 33.8 Å². The van der Waals surface area contributed by atoms with Gasteiger partial charge in [0.1, 0.15) is 27.2 Å². The summed E-state index contributed by atoms with van der Waals surface area (Å²) in [6.45, 7) is 3.88. The van der Waals surface area contributed by atoms with E-state index in [1.54, 1.807) is 18.2 Å². The number of halogens is 2. The zero-order valence-electron chi connectivity index (χ0n) is 24.5. The number of H-pyrrole nitrogens is 2. The van der Waals surface area contributed by atoms with Gasteiger partial charge < -0.3 is 10.3 Å². The molecule has 0 aliphatic carbocycles. The minimum Gasteiger partial charge on any atom is -0.335 e. The van der Waals surface area contributed by atoms with Crippen molar-refractivity contribution in [2.75, 3.05) is 17.3 Å². The fraction of sp³-hybridized carbons (Fsp3) is 0.226. The molecule has 0 spiro atoms. The fourth-order valence-electron chi connectivity index (χ4n) is 5.09. The first-order chi connectivity index (χ1) is 21.4. The summed E-state index contributed by atoms with van der Waals surface area (Å²) < 4.78 is 54.1. The Morgan fingerprint density at radius 2 is 1.82 bits per heavy atom. The number of benzene rings is 1. The molecule has 0 atom stereocenters. The summed E-state index contributed by atoms with van der Waals surface area (Å²) in [4.78, 5) is 32.8. The summed E-state index contributed by atoms with van der Waals surface area (Å²) in [6, 6.07) is 7.68. The van der Waals surface area contributed by atoms with Crippen LogP contribution in [0, 0.1) is 17.6 Å². The Hall–Kier alpha value is -5.11. The summed E-state index contributed by atoms with van der Waals surface area (Å²) >= 11 is 0. The van der Waals surface area contributed by atoms with Crippen molar-refractivity contribution < 1.29 is 22.0 Å². The summed E-state index contributed by atoms with van der Waals surface area (Å²) in [5.41, 5.74) is 3.69. The van der Waals surface area contributed by atoms with Gasteiger partial charge in [-0.3, -0.25) is 14.9 Å². The maximum Gasteiger partial charge on any atom is 0.224 e. The molecule has 0 aliphatic rings. The van der Waals surface area contributed by atoms with Crippen molar-refractivity contribution in [2.24, 2.45) is 5.92 Å². The maximum absolute atomic E-state index is 16.2. The van der Waals surface area contributed by atoms with E-state index in [0.717, 1.165) is 6.26 Å². The lowest BCUT2D eigenvalue weighted by atomic mass is 10.0. The van der Waals surface area contributed by atoms with E-state index < -0.39 is 21.5 Å². The molecule has 5 heterocycles. The molecule has 14 heteroatoms. The molecule has 0 saturated carbocycles. The molecule has 3 N–H and O–H groups in total. The van der Waals surface area contributed by atoms with E-state index in [4.69, 9.17) is 0 Å². The number of hydrogen-bond donors (Lipinski definition) is 3. The number of imidazole rings is 1. The summed E-state index contributed by atoms with van der Waals surface area (Å²) in [5, 5.41) is 9.84. The van der Waals surface area contributed by atoms with Crippen molar-refractivity contribution in [2.45, 2.75) is 26.7 Å². The number of aromatic amines is 2. The number of hydrogen-bond acceptors (Lipinski definition) is 8. The number of carbonyl (C=O) groups excluding carboxylic acids is 1. The quantitative estimate of drug-likeness (QED) is 0.190. The van der Waals surface area contributed by atoms with Crippen LogP contribution in [0.4, 0.5) is 14.5 Å². The monoisotopic (exact) mass is 630 g/mol. The Kier molecular flexibility index (Phi) is 7.83. The predicted octanol–water partition coefficient (Wildman–Crippen LogP) is 5.48. The van der Waals surface area contributed by atoms with Gasteiger partial charge in [0.05, 0.1) is 28.5 Å². The van der Waals surface area contributed by atoms with Crippen LogP contribution in [0.3, 0.4) is 0 Å². The van der Waals surface area contributed by atoms with Crippen LogP contribution in [0.25, 0.3) is 56.0 Å². The molecule has 6 rings (SSSR count). The number of aromatic nitrogens is 7. The van der Waals surface area contributed by atoms with Crippen LogP contribution in [-0.2, 0) is 21.1 Å². The molecule has 0 unspecified atom stereocenters. The summed E-state index contributed by atoms with van der Waals surface area (Å²) in [6.07, 6.45) is 7.46. The number of rotatable bonds is 9. The van der Waals surface area contributed by atoms with Gasteiger partial charge >= 0.3 is 0 Å². The van der Waals surface area contributed by atoms with Crippen LogP contribution in [0.15, 0.2) is 55.1 Å². The smallest absolute Gasteiger partial charge is 0.224 e. The first-order valence-electron chi connectivity index (χ1n) is 14.1. The van der Waals surface area contributed by atoms with Crippen molar-refractivity contribution in [3.05, 3.63) is 72.3 Å². The van der Waals surface area contributed by atoms with E-state index in [2.05, 4.69) is 40.4 Å². The second kappa shape index (κ2) is 11.8. The minimum absolute atomic E-state index is 0.0798. The largest absolute Gasteiger partial charge is 0.335 e. The average molecular weight is 631 g/mol. The number of carbonyl (C=O) groups is 1. The van der Waals surface area contributed by atoms with E-state index in [1.807, 2.05) is 13.8 Å². The molecule has 1 amide bonds. The highest BCUT2D eigenvalue weighted by Gasteiger charge is 2.22. The van der Waals surface area contributed by atoms with Crippen molar-refractivity contribution in [3.63, 3.8) is 0 Å². The third kappa shape index (κ3) is 6.41. The number of nitrogens with zero attached hydrogens (tertiary/aromatic N) is 5. The topological polar surface area (TPSA) is 159 Å². The second-order valence-corrected chi connectivity index (χ2v) is 13.5. The molecule has 11 nitrogen and oxygen atoms in total. The van der Waals surface area contributed by atoms with Crippen LogP contribution in [0.1, 0.15) is 25.8 Å². The molecular formula is C31H28F2N8O3S. The number of sulfone groups is 1. The summed E-state index contributed by atoms with van der Waals surface area (Å²) in [7, 11) is -3.24. The van der Waals surface area contributed by atoms with E-state index in [1.165, 1.54) is 36.9 Å². The predicted molar refractivity (Wildman–Crippen MR) is 167 cm³/mol. The number of nitrogens with one attached hydrogen (secondary N) is 3. The SMILES string of the molecule is CC(C)CC(=O)Nc1cncc(-c2cnc3n[nH]c(-c4nc5nccc(-c6cc(F)cc(CCS(C)(=O)=O)c6)c5[nH]4)c3c2F)c1. The van der Waals surface area contributed by atoms with Gasteiger partial charge in [-0.15, -0.1) is 0 Å². The molecule has 5 aromatic heterocycles. The first-order valence-corrected chi connectivity index (χ1v) is 16.1. The molecule has 1 aromatic carbocycles. The van der Waals surface area contributed by atoms with Crippen LogP contribution < -0.4 is 5.32 Å². The highest BCUT2D eigenvalue weighted by atomic mass is 32.2. The molecule has 0 saturated heterocycles. The minimum atomic E-state index is -3.24. The molecular weight excluding hydrogens is 602 g/mol. The molecule has 0 bridgehead atoms. The zero-order chi connectivity index (χ0) is 31.9. The van der Waals surface area contributed by atoms with E-state index in [0.29, 0.717) is 45.5 Å². The van der Waals surface area contributed by atoms with E-state index in [-0.39, 0.29) is 52.1 Å². The third-order valence-electron chi connectivity index (χ3n) is 7.10. The standard InChI is InChI=1S/C31H28F2N8O3S/c1-16(2)8-24(42)37-21-12-19(13-34-14-21)23-15-36-29-25(26(23)33)28(40-41-29)31-38-27-22(4-6-35-30(27)39-31)18-9-17(10-20(32)11-18)5-7-45(3,43)44/h4,6,9-16H,5,7-8H2,1-3H3,(H,37,42)(H,35,38,39)(H,36,40,41). The molecule has 45 heavy (non-hydrogen) atoms. The number of fused-ring (bicyclic) bond motifs is 2. The lowest BCUT2D eigenvalue weighted by Crippen LogP contribution is -2.14. The maximum atomic E-state index is 16.2. The third-order valence-corrected chi connectivity index (χ3v) is 8.05. The number of anilines is 1. The lowest BCUT2D eigenvalue weighted by Gasteiger charge is -2.09. The van der Waals surface area contributed by atoms with Crippen molar-refractivity contribution in [1.29, 1.82) is 0 Å². The van der Waals surface area contributed by atoms with Crippen LogP contribution >= 0.6 is 0 Å². The van der Waals surface area contributed by atoms with Gasteiger partial charge in [0.25, 0.3) is 0 Å². The fourth-order valence-corrected chi connectivity index (χ4v) is 5.69. The molecule has 0 aliphatic heterocycles. The van der Waals surface area contributed by atoms with Gasteiger partial charge in [-0.25, -0.2) is 32.2 Å². The molecule has 6 aromatic rings. The average Bonchev–Trinajstić information content (AvgIpc) is 3.60. The van der Waals surface area contributed by atoms with Crippen LogP contribution in [0.5, 0.6) is 0 Å². The van der Waals surface area contributed by atoms with Gasteiger partial charge in [0, 0.05) is 48.0 Å². The number of pyridine rings is 3. The molecule has 0 fully saturated rings. The van der Waals surface area contributed by atoms with E-state index >= 15 is 4.39 Å². The van der Waals surface area contributed by atoms with Crippen LogP contribution in [0.2, 0.25) is 0 Å². The van der Waals surface area contributed by atoms with Gasteiger partial charge in [0.15, 0.2) is 17.1 Å². The Labute approximate surface area is 256 Å². The summed E-state index contributed by atoms with van der Waals surface area (Å²) in [5.74, 6) is -1.02. The number of amides is 1. The first kappa shape index (κ1) is 29.9. The molecule has 0 radical (unpaired) electrons. The van der Waals surface area contributed by atoms with Crippen molar-refractivity contribution in [1.82, 2.24) is 35.1 Å². The van der Waals surface area contributed by atoms with Gasteiger partial charge in [-0.05, 0) is 47.7 Å². The Bertz CT molecular complexity index is 2190. The highest BCUT2D eigenvalue weighted by molar-refractivity contribution is 7.90. The lowest BCUT2D eigenvalue weighted by molar-refractivity contribution is -0.116. The Morgan fingerprint density at radius 1 is 1.00 bits per heavy atom. The van der Waals surface area contributed by atoms with E-state index in [9.17, 15) is 17.6 Å². The Balaban J connectivity index is 1.39. The Morgan fingerprint density at radius 3 is 2.60 bits per heavy atom. The van der Waals surface area contributed by atoms with Crippen molar-refractivity contribution >= 4 is 43.6 Å². The second-order valence-electron chi connectivity index (χ2n) is 11.3. The van der Waals surface area contributed by atoms with Gasteiger partial charge in [0.2, 0.25) is 5.91 Å². The van der Waals surface area contributed by atoms with Gasteiger partial charge in [-0.2, -0.15) is 5.10 Å².